The van der Waals surface area contributed by atoms with Crippen molar-refractivity contribution in [3.63, 3.8) is 0 Å². The van der Waals surface area contributed by atoms with Crippen molar-refractivity contribution in [2.75, 3.05) is 12.4 Å². The quantitative estimate of drug-likeness (QED) is 0.547. The van der Waals surface area contributed by atoms with Gasteiger partial charge in [-0.15, -0.1) is 0 Å². The monoisotopic (exact) mass is 375 g/mol. The van der Waals surface area contributed by atoms with Crippen LogP contribution in [0.4, 0.5) is 5.82 Å². The molecule has 0 bridgehead atoms. The maximum absolute atomic E-state index is 12.4. The summed E-state index contributed by atoms with van der Waals surface area (Å²) >= 11 is 0. The number of hydrogen-bond acceptors (Lipinski definition) is 4. The number of ether oxygens (including phenoxy) is 1. The number of amides is 1. The molecule has 1 amide bonds. The van der Waals surface area contributed by atoms with Crippen molar-refractivity contribution >= 4 is 17.8 Å². The second kappa shape index (κ2) is 7.84. The van der Waals surface area contributed by atoms with Crippen molar-refractivity contribution in [3.05, 3.63) is 65.1 Å². The molecule has 0 saturated heterocycles. The Hall–Kier alpha value is -3.79. The first-order chi connectivity index (χ1) is 13.4. The zero-order valence-electron chi connectivity index (χ0n) is 16.2. The molecule has 0 radical (unpaired) electrons. The number of carbonyl (C=O) groups excluding carboxylic acids is 1. The number of nitrogens with one attached hydrogen (secondary N) is 1. The number of rotatable bonds is 5. The molecule has 28 heavy (non-hydrogen) atoms. The largest absolute Gasteiger partial charge is 0.497 e. The molecule has 1 N–H and O–H groups in total. The van der Waals surface area contributed by atoms with Gasteiger partial charge in [0.1, 0.15) is 17.4 Å². The molecule has 2 heterocycles. The molecule has 1 aromatic carbocycles. The van der Waals surface area contributed by atoms with Gasteiger partial charge in [0.15, 0.2) is 5.82 Å². The van der Waals surface area contributed by atoms with Gasteiger partial charge >= 0.3 is 0 Å². The van der Waals surface area contributed by atoms with Crippen LogP contribution in [0.3, 0.4) is 0 Å². The van der Waals surface area contributed by atoms with Crippen LogP contribution in [0.1, 0.15) is 17.0 Å². The number of nitriles is 1. The molecule has 3 rings (SSSR count). The molecule has 2 aromatic heterocycles. The lowest BCUT2D eigenvalue weighted by Gasteiger charge is -2.10. The average molecular weight is 375 g/mol. The molecule has 142 valence electrons. The summed E-state index contributed by atoms with van der Waals surface area (Å²) in [6, 6.07) is 13.3. The maximum atomic E-state index is 12.4. The van der Waals surface area contributed by atoms with Crippen LogP contribution in [-0.4, -0.2) is 27.4 Å². The number of aromatic nitrogens is 3. The minimum atomic E-state index is -0.490. The number of anilines is 1. The fourth-order valence-electron chi connectivity index (χ4n) is 3.03. The Kier molecular flexibility index (Phi) is 5.32. The van der Waals surface area contributed by atoms with Crippen molar-refractivity contribution in [1.82, 2.24) is 14.3 Å². The van der Waals surface area contributed by atoms with E-state index in [1.54, 1.807) is 37.2 Å². The lowest BCUT2D eigenvalue weighted by atomic mass is 10.1. The van der Waals surface area contributed by atoms with Crippen LogP contribution >= 0.6 is 0 Å². The van der Waals surface area contributed by atoms with E-state index in [1.165, 1.54) is 0 Å². The molecule has 0 atom stereocenters. The van der Waals surface area contributed by atoms with Crippen LogP contribution in [0.5, 0.6) is 5.75 Å². The van der Waals surface area contributed by atoms with E-state index in [2.05, 4.69) is 15.0 Å². The Morgan fingerprint density at radius 2 is 1.96 bits per heavy atom. The van der Waals surface area contributed by atoms with Crippen molar-refractivity contribution in [2.24, 2.45) is 7.05 Å². The fourth-order valence-corrected chi connectivity index (χ4v) is 3.03. The summed E-state index contributed by atoms with van der Waals surface area (Å²) in [4.78, 5) is 12.4. The zero-order chi connectivity index (χ0) is 20.3. The number of methoxy groups -OCH3 is 1. The van der Waals surface area contributed by atoms with E-state index in [0.29, 0.717) is 5.82 Å². The molecule has 7 heteroatoms. The summed E-state index contributed by atoms with van der Waals surface area (Å²) in [7, 11) is 3.38. The Morgan fingerprint density at radius 1 is 1.25 bits per heavy atom. The van der Waals surface area contributed by atoms with Gasteiger partial charge < -0.3 is 14.6 Å². The lowest BCUT2D eigenvalue weighted by Crippen LogP contribution is -2.14. The number of carbonyl (C=O) groups is 1. The lowest BCUT2D eigenvalue weighted by molar-refractivity contribution is -0.112. The summed E-state index contributed by atoms with van der Waals surface area (Å²) in [5.41, 5.74) is 3.73. The Morgan fingerprint density at radius 3 is 2.54 bits per heavy atom. The van der Waals surface area contributed by atoms with Gasteiger partial charge in [0, 0.05) is 36.4 Å². The van der Waals surface area contributed by atoms with Crippen LogP contribution in [-0.2, 0) is 11.8 Å². The van der Waals surface area contributed by atoms with Crippen LogP contribution in [0.25, 0.3) is 11.8 Å². The van der Waals surface area contributed by atoms with E-state index < -0.39 is 5.91 Å². The second-order valence-corrected chi connectivity index (χ2v) is 6.36. The normalized spacial score (nSPS) is 11.2. The SMILES string of the molecule is COc1ccc(-n2c(C)cc(/C=C(/C#N)C(=O)Nc3ccn(C)n3)c2C)cc1. The van der Waals surface area contributed by atoms with Gasteiger partial charge in [-0.2, -0.15) is 10.4 Å². The van der Waals surface area contributed by atoms with Crippen LogP contribution < -0.4 is 10.1 Å². The van der Waals surface area contributed by atoms with E-state index in [0.717, 1.165) is 28.4 Å². The first-order valence-electron chi connectivity index (χ1n) is 8.69. The van der Waals surface area contributed by atoms with E-state index in [4.69, 9.17) is 4.74 Å². The van der Waals surface area contributed by atoms with Crippen LogP contribution in [0.2, 0.25) is 0 Å². The highest BCUT2D eigenvalue weighted by Crippen LogP contribution is 2.24. The number of aryl methyl sites for hydroxylation is 2. The van der Waals surface area contributed by atoms with E-state index >= 15 is 0 Å². The van der Waals surface area contributed by atoms with Crippen molar-refractivity contribution in [3.8, 4) is 17.5 Å². The first-order valence-corrected chi connectivity index (χ1v) is 8.69. The molecule has 0 spiro atoms. The number of benzene rings is 1. The van der Waals surface area contributed by atoms with Gasteiger partial charge in [0.05, 0.1) is 7.11 Å². The molecule has 0 aliphatic carbocycles. The molecule has 0 saturated carbocycles. The summed E-state index contributed by atoms with van der Waals surface area (Å²) in [5.74, 6) is 0.692. The Labute approximate surface area is 163 Å². The smallest absolute Gasteiger partial charge is 0.267 e. The Balaban J connectivity index is 1.91. The van der Waals surface area contributed by atoms with Gasteiger partial charge in [0.25, 0.3) is 5.91 Å². The molecule has 7 nitrogen and oxygen atoms in total. The van der Waals surface area contributed by atoms with E-state index in [-0.39, 0.29) is 5.57 Å². The zero-order valence-corrected chi connectivity index (χ0v) is 16.2. The van der Waals surface area contributed by atoms with Gasteiger partial charge in [-0.05, 0) is 55.8 Å². The third kappa shape index (κ3) is 3.81. The minimum absolute atomic E-state index is 0.0145. The van der Waals surface area contributed by atoms with Crippen LogP contribution in [0.15, 0.2) is 48.2 Å². The highest BCUT2D eigenvalue weighted by atomic mass is 16.5. The minimum Gasteiger partial charge on any atom is -0.497 e. The second-order valence-electron chi connectivity index (χ2n) is 6.36. The summed E-state index contributed by atoms with van der Waals surface area (Å²) in [6.07, 6.45) is 3.31. The van der Waals surface area contributed by atoms with Crippen molar-refractivity contribution < 1.29 is 9.53 Å². The number of hydrogen-bond donors (Lipinski definition) is 1. The standard InChI is InChI=1S/C21H21N5O2/c1-14-11-16(15(2)26(14)18-5-7-19(28-4)8-6-18)12-17(13-22)21(27)23-20-9-10-25(3)24-20/h5-12H,1-4H3,(H,23,24,27)/b17-12-. The Bertz CT molecular complexity index is 1080. The van der Waals surface area contributed by atoms with Gasteiger partial charge in [-0.25, -0.2) is 0 Å². The van der Waals surface area contributed by atoms with Crippen molar-refractivity contribution in [1.29, 1.82) is 5.26 Å². The van der Waals surface area contributed by atoms with Crippen LogP contribution in [0, 0.1) is 25.2 Å². The van der Waals surface area contributed by atoms with Gasteiger partial charge in [-0.3, -0.25) is 9.48 Å². The topological polar surface area (TPSA) is 84.9 Å². The molecule has 3 aromatic rings. The predicted octanol–water partition coefficient (Wildman–Crippen LogP) is 3.38. The summed E-state index contributed by atoms with van der Waals surface area (Å²) in [5, 5.41) is 16.2. The summed E-state index contributed by atoms with van der Waals surface area (Å²) < 4.78 is 8.85. The van der Waals surface area contributed by atoms with Gasteiger partial charge in [-0.1, -0.05) is 0 Å². The first kappa shape index (κ1) is 19.0. The third-order valence-corrected chi connectivity index (χ3v) is 4.42. The van der Waals surface area contributed by atoms with E-state index in [1.807, 2.05) is 50.2 Å². The molecule has 0 unspecified atom stereocenters. The third-order valence-electron chi connectivity index (χ3n) is 4.42. The molecular formula is C21H21N5O2. The predicted molar refractivity (Wildman–Crippen MR) is 107 cm³/mol. The summed E-state index contributed by atoms with van der Waals surface area (Å²) in [6.45, 7) is 3.93. The molecular weight excluding hydrogens is 354 g/mol. The van der Waals surface area contributed by atoms with Gasteiger partial charge in [0.2, 0.25) is 0 Å². The highest BCUT2D eigenvalue weighted by molar-refractivity contribution is 6.09. The van der Waals surface area contributed by atoms with E-state index in [9.17, 15) is 10.1 Å². The fraction of sp³-hybridized carbons (Fsp3) is 0.190. The molecule has 0 fully saturated rings. The average Bonchev–Trinajstić information content (AvgIpc) is 3.21. The maximum Gasteiger partial charge on any atom is 0.267 e. The molecule has 0 aliphatic rings. The molecule has 0 aliphatic heterocycles. The number of nitrogens with zero attached hydrogens (tertiary/aromatic N) is 4. The highest BCUT2D eigenvalue weighted by Gasteiger charge is 2.14. The van der Waals surface area contributed by atoms with Crippen molar-refractivity contribution in [2.45, 2.75) is 13.8 Å².